The molecule has 6 nitrogen and oxygen atoms in total. The topological polar surface area (TPSA) is 78.9 Å². The number of rotatable bonds is 8. The maximum absolute atomic E-state index is 11.8. The Hall–Kier alpha value is -3.67. The van der Waals surface area contributed by atoms with Crippen LogP contribution in [0.25, 0.3) is 11.1 Å². The van der Waals surface area contributed by atoms with Gasteiger partial charge < -0.3 is 14.2 Å². The van der Waals surface area contributed by atoms with Gasteiger partial charge in [-0.2, -0.15) is 0 Å². The van der Waals surface area contributed by atoms with E-state index < -0.39 is 17.9 Å². The molecule has 158 valence electrons. The van der Waals surface area contributed by atoms with Gasteiger partial charge in [-0.05, 0) is 49.2 Å². The first-order valence-electron chi connectivity index (χ1n) is 8.88. The summed E-state index contributed by atoms with van der Waals surface area (Å²) >= 11 is 0. The number of esters is 3. The summed E-state index contributed by atoms with van der Waals surface area (Å²) in [5.74, 6) is -0.701. The van der Waals surface area contributed by atoms with E-state index >= 15 is 0 Å². The second kappa shape index (κ2) is 11.4. The van der Waals surface area contributed by atoms with Gasteiger partial charge in [0.05, 0.1) is 6.42 Å². The van der Waals surface area contributed by atoms with Gasteiger partial charge in [0.25, 0.3) is 0 Å². The smallest absolute Gasteiger partial charge is 0.338 e. The summed E-state index contributed by atoms with van der Waals surface area (Å²) in [5.41, 5.74) is 2.41. The molecule has 2 aromatic carbocycles. The van der Waals surface area contributed by atoms with Crippen LogP contribution in [0.2, 0.25) is 0 Å². The Morgan fingerprint density at radius 2 is 1.17 bits per heavy atom. The van der Waals surface area contributed by atoms with E-state index in [1.165, 1.54) is 6.92 Å². The van der Waals surface area contributed by atoms with Crippen molar-refractivity contribution in [2.24, 2.45) is 0 Å². The fraction of sp³-hybridized carbons (Fsp3) is 0.208. The van der Waals surface area contributed by atoms with E-state index in [1.807, 2.05) is 12.1 Å². The lowest BCUT2D eigenvalue weighted by Crippen LogP contribution is -2.14. The van der Waals surface area contributed by atoms with Gasteiger partial charge in [-0.15, -0.1) is 0 Å². The Kier molecular flexibility index (Phi) is 9.23. The normalized spacial score (nSPS) is 9.67. The molecule has 0 spiro atoms. The van der Waals surface area contributed by atoms with E-state index in [0.29, 0.717) is 17.1 Å². The predicted octanol–water partition coefficient (Wildman–Crippen LogP) is 4.89. The van der Waals surface area contributed by atoms with Crippen molar-refractivity contribution in [3.8, 4) is 22.6 Å². The molecular weight excluding hydrogens is 384 g/mol. The Balaban J connectivity index is 0.00000450. The number of carbonyl (C=O) groups excluding carboxylic acids is 3. The van der Waals surface area contributed by atoms with E-state index in [-0.39, 0.29) is 26.0 Å². The standard InChI is InChI=1S/C23H22O6.CH4/c1-15(2)22(25)27-14-13-21(24)28-19-9-5-17(6-10-19)18-7-11-20(12-8-18)29-23(26)16(3)4;/h5-12H,1,3,13-14H2,2,4H3;1H4. The van der Waals surface area contributed by atoms with Crippen LogP contribution in [-0.4, -0.2) is 24.5 Å². The van der Waals surface area contributed by atoms with E-state index in [2.05, 4.69) is 13.2 Å². The van der Waals surface area contributed by atoms with E-state index in [0.717, 1.165) is 11.1 Å². The average Bonchev–Trinajstić information content (AvgIpc) is 2.69. The first-order valence-corrected chi connectivity index (χ1v) is 8.88. The van der Waals surface area contributed by atoms with Crippen LogP contribution in [0.1, 0.15) is 27.7 Å². The Morgan fingerprint density at radius 3 is 1.60 bits per heavy atom. The number of hydrogen-bond acceptors (Lipinski definition) is 6. The van der Waals surface area contributed by atoms with Crippen molar-refractivity contribution >= 4 is 17.9 Å². The van der Waals surface area contributed by atoms with Crippen molar-refractivity contribution in [2.75, 3.05) is 6.61 Å². The molecule has 0 unspecified atom stereocenters. The zero-order valence-electron chi connectivity index (χ0n) is 16.4. The maximum Gasteiger partial charge on any atom is 0.338 e. The number of hydrogen-bond donors (Lipinski definition) is 0. The van der Waals surface area contributed by atoms with Crippen molar-refractivity contribution in [1.82, 2.24) is 0 Å². The Labute approximate surface area is 176 Å². The molecule has 30 heavy (non-hydrogen) atoms. The summed E-state index contributed by atoms with van der Waals surface area (Å²) in [4.78, 5) is 34.6. The minimum atomic E-state index is -0.539. The van der Waals surface area contributed by atoms with Gasteiger partial charge in [0, 0.05) is 11.1 Å². The summed E-state index contributed by atoms with van der Waals surface area (Å²) in [5, 5.41) is 0. The van der Waals surface area contributed by atoms with Gasteiger partial charge in [0.2, 0.25) is 0 Å². The lowest BCUT2D eigenvalue weighted by Gasteiger charge is -2.08. The number of ether oxygens (including phenoxy) is 3. The van der Waals surface area contributed by atoms with Gasteiger partial charge >= 0.3 is 17.9 Å². The molecule has 2 rings (SSSR count). The first-order chi connectivity index (χ1) is 13.8. The van der Waals surface area contributed by atoms with E-state index in [9.17, 15) is 14.4 Å². The summed E-state index contributed by atoms with van der Waals surface area (Å²) in [7, 11) is 0. The monoisotopic (exact) mass is 410 g/mol. The zero-order chi connectivity index (χ0) is 21.4. The molecule has 0 radical (unpaired) electrons. The third-order valence-corrected chi connectivity index (χ3v) is 3.72. The van der Waals surface area contributed by atoms with Gasteiger partial charge in [-0.3, -0.25) is 4.79 Å². The Bertz CT molecular complexity index is 923. The van der Waals surface area contributed by atoms with Crippen LogP contribution in [0.15, 0.2) is 72.8 Å². The highest BCUT2D eigenvalue weighted by molar-refractivity contribution is 5.89. The lowest BCUT2D eigenvalue weighted by molar-refractivity contribution is -0.142. The molecule has 0 amide bonds. The van der Waals surface area contributed by atoms with E-state index in [4.69, 9.17) is 14.2 Å². The van der Waals surface area contributed by atoms with Gasteiger partial charge in [-0.1, -0.05) is 44.8 Å². The molecule has 6 heteroatoms. The zero-order valence-corrected chi connectivity index (χ0v) is 16.4. The quantitative estimate of drug-likeness (QED) is 0.350. The number of benzene rings is 2. The van der Waals surface area contributed by atoms with Gasteiger partial charge in [0.15, 0.2) is 0 Å². The molecule has 0 aliphatic rings. The molecule has 0 saturated heterocycles. The van der Waals surface area contributed by atoms with Crippen LogP contribution in [-0.2, 0) is 19.1 Å². The molecule has 0 heterocycles. The SMILES string of the molecule is C.C=C(C)C(=O)OCCC(=O)Oc1ccc(-c2ccc(OC(=O)C(=C)C)cc2)cc1. The highest BCUT2D eigenvalue weighted by Crippen LogP contribution is 2.25. The highest BCUT2D eigenvalue weighted by Gasteiger charge is 2.09. The average molecular weight is 410 g/mol. The Morgan fingerprint density at radius 1 is 0.733 bits per heavy atom. The summed E-state index contributed by atoms with van der Waals surface area (Å²) < 4.78 is 15.2. The van der Waals surface area contributed by atoms with Crippen LogP contribution in [0, 0.1) is 0 Å². The van der Waals surface area contributed by atoms with Crippen LogP contribution >= 0.6 is 0 Å². The molecule has 0 fully saturated rings. The molecule has 0 atom stereocenters. The molecule has 2 aromatic rings. The van der Waals surface area contributed by atoms with Crippen molar-refractivity contribution in [3.63, 3.8) is 0 Å². The predicted molar refractivity (Wildman–Crippen MR) is 115 cm³/mol. The van der Waals surface area contributed by atoms with Gasteiger partial charge in [0.1, 0.15) is 18.1 Å². The highest BCUT2D eigenvalue weighted by atomic mass is 16.6. The minimum absolute atomic E-state index is 0. The van der Waals surface area contributed by atoms with Crippen molar-refractivity contribution in [1.29, 1.82) is 0 Å². The molecule has 0 N–H and O–H groups in total. The third kappa shape index (κ3) is 7.39. The summed E-state index contributed by atoms with van der Waals surface area (Å²) in [6.07, 6.45) is -0.0505. The third-order valence-electron chi connectivity index (χ3n) is 3.72. The summed E-state index contributed by atoms with van der Waals surface area (Å²) in [6, 6.07) is 14.0. The van der Waals surface area contributed by atoms with Gasteiger partial charge in [-0.25, -0.2) is 9.59 Å². The van der Waals surface area contributed by atoms with Crippen LogP contribution in [0.3, 0.4) is 0 Å². The van der Waals surface area contributed by atoms with E-state index in [1.54, 1.807) is 43.3 Å². The second-order valence-corrected chi connectivity index (χ2v) is 6.36. The fourth-order valence-electron chi connectivity index (χ4n) is 2.16. The van der Waals surface area contributed by atoms with Crippen LogP contribution in [0.5, 0.6) is 11.5 Å². The minimum Gasteiger partial charge on any atom is -0.462 e. The molecule has 0 aliphatic heterocycles. The number of carbonyl (C=O) groups is 3. The molecule has 0 bridgehead atoms. The molecule has 0 saturated carbocycles. The van der Waals surface area contributed by atoms with Crippen molar-refractivity contribution in [3.05, 3.63) is 72.8 Å². The second-order valence-electron chi connectivity index (χ2n) is 6.36. The fourth-order valence-corrected chi connectivity index (χ4v) is 2.16. The van der Waals surface area contributed by atoms with Crippen molar-refractivity contribution in [2.45, 2.75) is 27.7 Å². The van der Waals surface area contributed by atoms with Crippen molar-refractivity contribution < 1.29 is 28.6 Å². The van der Waals surface area contributed by atoms with Crippen LogP contribution in [0.4, 0.5) is 0 Å². The lowest BCUT2D eigenvalue weighted by atomic mass is 10.1. The van der Waals surface area contributed by atoms with Crippen LogP contribution < -0.4 is 9.47 Å². The molecule has 0 aliphatic carbocycles. The molecular formula is C24H26O6. The largest absolute Gasteiger partial charge is 0.462 e. The maximum atomic E-state index is 11.8. The molecule has 0 aromatic heterocycles. The summed E-state index contributed by atoms with van der Waals surface area (Å²) in [6.45, 7) is 10.1. The first kappa shape index (κ1) is 24.4.